The highest BCUT2D eigenvalue weighted by atomic mass is 32.2. The number of sulfonamides is 1. The first kappa shape index (κ1) is 17.2. The summed E-state index contributed by atoms with van der Waals surface area (Å²) in [4.78, 5) is 0.199. The topological polar surface area (TPSA) is 96.2 Å². The molecule has 6 nitrogen and oxygen atoms in total. The summed E-state index contributed by atoms with van der Waals surface area (Å²) in [6.07, 6.45) is 0. The average molecular weight is 356 g/mol. The van der Waals surface area contributed by atoms with Gasteiger partial charge in [-0.3, -0.25) is 4.72 Å². The maximum atomic E-state index is 12.7. The van der Waals surface area contributed by atoms with Gasteiger partial charge in [-0.05, 0) is 35.7 Å². The number of anilines is 2. The van der Waals surface area contributed by atoms with Crippen LogP contribution >= 0.6 is 0 Å². The highest BCUT2D eigenvalue weighted by Crippen LogP contribution is 2.25. The van der Waals surface area contributed by atoms with E-state index in [2.05, 4.69) is 15.6 Å². The summed E-state index contributed by atoms with van der Waals surface area (Å²) in [5.74, 6) is 0. The van der Waals surface area contributed by atoms with E-state index in [1.54, 1.807) is 30.3 Å². The Morgan fingerprint density at radius 1 is 0.880 bits per heavy atom. The van der Waals surface area contributed by atoms with Gasteiger partial charge in [0.2, 0.25) is 0 Å². The van der Waals surface area contributed by atoms with E-state index in [1.807, 2.05) is 36.4 Å². The van der Waals surface area contributed by atoms with Gasteiger partial charge in [0.05, 0.1) is 10.6 Å². The molecule has 0 fully saturated rings. The van der Waals surface area contributed by atoms with Crippen LogP contribution in [0.15, 0.2) is 71.6 Å². The summed E-state index contributed by atoms with van der Waals surface area (Å²) in [7, 11) is -3.66. The van der Waals surface area contributed by atoms with Crippen LogP contribution in [0.1, 0.15) is 0 Å². The number of nitrogens with one attached hydrogen (secondary N) is 3. The van der Waals surface area contributed by atoms with Crippen LogP contribution in [0.3, 0.4) is 0 Å². The van der Waals surface area contributed by atoms with Gasteiger partial charge in [-0.15, -0.1) is 0 Å². The van der Waals surface area contributed by atoms with Crippen LogP contribution < -0.4 is 21.3 Å². The minimum absolute atomic E-state index is 0.199. The van der Waals surface area contributed by atoms with E-state index in [4.69, 9.17) is 5.73 Å². The predicted molar refractivity (Wildman–Crippen MR) is 102 cm³/mol. The maximum Gasteiger partial charge on any atom is 0.261 e. The third-order valence-electron chi connectivity index (χ3n) is 3.70. The largest absolute Gasteiger partial charge is 0.329 e. The van der Waals surface area contributed by atoms with Crippen molar-refractivity contribution in [2.45, 2.75) is 4.90 Å². The van der Waals surface area contributed by atoms with Gasteiger partial charge in [-0.1, -0.05) is 36.4 Å². The molecule has 3 aromatic carbocycles. The molecule has 5 N–H and O–H groups in total. The molecular formula is C18H20N4O2S. The zero-order valence-electron chi connectivity index (χ0n) is 13.6. The molecular weight excluding hydrogens is 336 g/mol. The first-order valence-electron chi connectivity index (χ1n) is 7.90. The Morgan fingerprint density at radius 2 is 1.60 bits per heavy atom. The number of hydrogen-bond acceptors (Lipinski definition) is 5. The van der Waals surface area contributed by atoms with Crippen LogP contribution in [0.25, 0.3) is 10.8 Å². The summed E-state index contributed by atoms with van der Waals surface area (Å²) in [6, 6.07) is 19.7. The summed E-state index contributed by atoms with van der Waals surface area (Å²) < 4.78 is 28.0. The molecule has 0 amide bonds. The summed E-state index contributed by atoms with van der Waals surface area (Å²) in [6.45, 7) is 1.12. The zero-order valence-corrected chi connectivity index (χ0v) is 14.4. The Hall–Kier alpha value is -2.61. The molecule has 0 radical (unpaired) electrons. The Kier molecular flexibility index (Phi) is 5.18. The van der Waals surface area contributed by atoms with E-state index in [1.165, 1.54) is 0 Å². The molecule has 0 unspecified atom stereocenters. The molecule has 25 heavy (non-hydrogen) atoms. The highest BCUT2D eigenvalue weighted by Gasteiger charge is 2.15. The first-order chi connectivity index (χ1) is 12.1. The van der Waals surface area contributed by atoms with Crippen LogP contribution in [0.2, 0.25) is 0 Å². The number of hydrazine groups is 1. The SMILES string of the molecule is NCCNNc1ccc(S(=O)(=O)Nc2cccc3ccccc23)cc1. The van der Waals surface area contributed by atoms with E-state index in [-0.39, 0.29) is 4.90 Å². The fraction of sp³-hybridized carbons (Fsp3) is 0.111. The molecule has 0 aliphatic rings. The quantitative estimate of drug-likeness (QED) is 0.385. The van der Waals surface area contributed by atoms with Crippen LogP contribution in [-0.4, -0.2) is 21.5 Å². The van der Waals surface area contributed by atoms with Gasteiger partial charge >= 0.3 is 0 Å². The number of rotatable bonds is 7. The van der Waals surface area contributed by atoms with Crippen molar-refractivity contribution in [2.75, 3.05) is 23.2 Å². The van der Waals surface area contributed by atoms with Gasteiger partial charge in [0.15, 0.2) is 0 Å². The van der Waals surface area contributed by atoms with E-state index in [0.29, 0.717) is 18.8 Å². The molecule has 3 rings (SSSR count). The molecule has 3 aromatic rings. The number of hydrogen-bond donors (Lipinski definition) is 4. The van der Waals surface area contributed by atoms with Gasteiger partial charge < -0.3 is 11.2 Å². The lowest BCUT2D eigenvalue weighted by Crippen LogP contribution is -2.27. The Balaban J connectivity index is 1.81. The van der Waals surface area contributed by atoms with Crippen molar-refractivity contribution in [1.82, 2.24) is 5.43 Å². The van der Waals surface area contributed by atoms with Crippen molar-refractivity contribution in [3.8, 4) is 0 Å². The van der Waals surface area contributed by atoms with E-state index < -0.39 is 10.0 Å². The molecule has 0 aliphatic heterocycles. The van der Waals surface area contributed by atoms with E-state index in [9.17, 15) is 8.42 Å². The monoisotopic (exact) mass is 356 g/mol. The van der Waals surface area contributed by atoms with Gasteiger partial charge in [0.1, 0.15) is 0 Å². The second-order valence-corrected chi connectivity index (χ2v) is 7.18. The van der Waals surface area contributed by atoms with Crippen molar-refractivity contribution >= 4 is 32.2 Å². The van der Waals surface area contributed by atoms with E-state index >= 15 is 0 Å². The van der Waals surface area contributed by atoms with Crippen LogP contribution in [0.5, 0.6) is 0 Å². The number of nitrogens with two attached hydrogens (primary N) is 1. The second kappa shape index (κ2) is 7.52. The van der Waals surface area contributed by atoms with Crippen molar-refractivity contribution in [2.24, 2.45) is 5.73 Å². The van der Waals surface area contributed by atoms with Crippen LogP contribution in [-0.2, 0) is 10.0 Å². The standard InChI is InChI=1S/C18H20N4O2S/c19-12-13-20-21-15-8-10-16(11-9-15)25(23,24)22-18-7-3-5-14-4-1-2-6-17(14)18/h1-11,20-22H,12-13,19H2. The summed E-state index contributed by atoms with van der Waals surface area (Å²) in [5.41, 5.74) is 12.6. The molecule has 0 heterocycles. The van der Waals surface area contributed by atoms with Gasteiger partial charge in [-0.25, -0.2) is 13.8 Å². The smallest absolute Gasteiger partial charge is 0.261 e. The average Bonchev–Trinajstić information content (AvgIpc) is 2.62. The predicted octanol–water partition coefficient (Wildman–Crippen LogP) is 2.52. The third-order valence-corrected chi connectivity index (χ3v) is 5.08. The number of fused-ring (bicyclic) bond motifs is 1. The molecule has 7 heteroatoms. The molecule has 0 saturated carbocycles. The third kappa shape index (κ3) is 4.08. The van der Waals surface area contributed by atoms with Crippen molar-refractivity contribution < 1.29 is 8.42 Å². The lowest BCUT2D eigenvalue weighted by molar-refractivity contribution is 0.601. The Labute approximate surface area is 147 Å². The van der Waals surface area contributed by atoms with E-state index in [0.717, 1.165) is 16.5 Å². The van der Waals surface area contributed by atoms with Gasteiger partial charge in [0.25, 0.3) is 10.0 Å². The summed E-state index contributed by atoms with van der Waals surface area (Å²) in [5, 5.41) is 1.84. The highest BCUT2D eigenvalue weighted by molar-refractivity contribution is 7.92. The fourth-order valence-electron chi connectivity index (χ4n) is 2.47. The summed E-state index contributed by atoms with van der Waals surface area (Å²) >= 11 is 0. The molecule has 0 spiro atoms. The Morgan fingerprint density at radius 3 is 2.36 bits per heavy atom. The molecule has 130 valence electrons. The maximum absolute atomic E-state index is 12.7. The second-order valence-electron chi connectivity index (χ2n) is 5.50. The van der Waals surface area contributed by atoms with Gasteiger partial charge in [-0.2, -0.15) is 0 Å². The lowest BCUT2D eigenvalue weighted by Gasteiger charge is -2.12. The minimum Gasteiger partial charge on any atom is -0.329 e. The minimum atomic E-state index is -3.66. The number of benzene rings is 3. The normalized spacial score (nSPS) is 11.4. The molecule has 0 bridgehead atoms. The van der Waals surface area contributed by atoms with Crippen molar-refractivity contribution in [3.05, 3.63) is 66.7 Å². The van der Waals surface area contributed by atoms with Crippen molar-refractivity contribution in [1.29, 1.82) is 0 Å². The van der Waals surface area contributed by atoms with Gasteiger partial charge in [0, 0.05) is 24.2 Å². The Bertz CT molecular complexity index is 951. The molecule has 0 aromatic heterocycles. The van der Waals surface area contributed by atoms with Crippen molar-refractivity contribution in [3.63, 3.8) is 0 Å². The fourth-order valence-corrected chi connectivity index (χ4v) is 3.55. The zero-order chi connectivity index (χ0) is 17.7. The van der Waals surface area contributed by atoms with Crippen LogP contribution in [0.4, 0.5) is 11.4 Å². The molecule has 0 aliphatic carbocycles. The van der Waals surface area contributed by atoms with Crippen LogP contribution in [0, 0.1) is 0 Å². The molecule has 0 atom stereocenters. The first-order valence-corrected chi connectivity index (χ1v) is 9.38. The lowest BCUT2D eigenvalue weighted by atomic mass is 10.1. The molecule has 0 saturated heterocycles.